The molecule has 2 unspecified atom stereocenters. The van der Waals surface area contributed by atoms with Gasteiger partial charge in [0.25, 0.3) is 0 Å². The normalized spacial score (nSPS) is 21.0. The highest BCUT2D eigenvalue weighted by Crippen LogP contribution is 2.31. The molecule has 1 fully saturated rings. The fraction of sp³-hybridized carbons (Fsp3) is 0.467. The molecule has 2 rings (SSSR count). The van der Waals surface area contributed by atoms with Gasteiger partial charge in [-0.1, -0.05) is 22.4 Å². The molecule has 1 aliphatic rings. The molecule has 0 aliphatic heterocycles. The average Bonchev–Trinajstić information content (AvgIpc) is 2.88. The van der Waals surface area contributed by atoms with Crippen LogP contribution in [-0.2, 0) is 4.79 Å². The maximum atomic E-state index is 11.9. The smallest absolute Gasteiger partial charge is 0.319 e. The van der Waals surface area contributed by atoms with Crippen LogP contribution in [0.15, 0.2) is 22.7 Å². The van der Waals surface area contributed by atoms with Gasteiger partial charge >= 0.3 is 12.0 Å². The van der Waals surface area contributed by atoms with Crippen LogP contribution in [-0.4, -0.2) is 23.7 Å². The monoisotopic (exact) mass is 354 g/mol. The van der Waals surface area contributed by atoms with Crippen molar-refractivity contribution < 1.29 is 14.7 Å². The van der Waals surface area contributed by atoms with Crippen LogP contribution in [0.5, 0.6) is 0 Å². The van der Waals surface area contributed by atoms with Crippen molar-refractivity contribution in [1.29, 1.82) is 0 Å². The van der Waals surface area contributed by atoms with E-state index < -0.39 is 5.97 Å². The Balaban J connectivity index is 1.86. The molecule has 0 saturated heterocycles. The largest absolute Gasteiger partial charge is 0.481 e. The van der Waals surface area contributed by atoms with Gasteiger partial charge in [0.05, 0.1) is 5.92 Å². The van der Waals surface area contributed by atoms with Gasteiger partial charge in [0.2, 0.25) is 0 Å². The van der Waals surface area contributed by atoms with Gasteiger partial charge < -0.3 is 15.7 Å². The Morgan fingerprint density at radius 3 is 2.81 bits per heavy atom. The van der Waals surface area contributed by atoms with E-state index in [4.69, 9.17) is 5.11 Å². The van der Waals surface area contributed by atoms with Crippen molar-refractivity contribution >= 4 is 33.6 Å². The number of hydrogen-bond acceptors (Lipinski definition) is 2. The molecular formula is C15H19BrN2O3. The standard InChI is InChI=1S/C15H19BrN2O3/c1-9-7-11(16)5-6-13(9)18-15(21)17-8-10-3-2-4-12(10)14(19)20/h5-7,10,12H,2-4,8H2,1H3,(H,19,20)(H2,17,18,21). The molecule has 1 aliphatic carbocycles. The van der Waals surface area contributed by atoms with Crippen molar-refractivity contribution in [1.82, 2.24) is 5.32 Å². The number of anilines is 1. The second-order valence-electron chi connectivity index (χ2n) is 5.43. The van der Waals surface area contributed by atoms with E-state index >= 15 is 0 Å². The summed E-state index contributed by atoms with van der Waals surface area (Å²) in [5.74, 6) is -1.07. The zero-order valence-corrected chi connectivity index (χ0v) is 13.4. The summed E-state index contributed by atoms with van der Waals surface area (Å²) in [6.45, 7) is 2.32. The lowest BCUT2D eigenvalue weighted by Gasteiger charge is -2.17. The van der Waals surface area contributed by atoms with Crippen LogP contribution in [0.1, 0.15) is 24.8 Å². The molecule has 3 N–H and O–H groups in total. The Labute approximate surface area is 132 Å². The van der Waals surface area contributed by atoms with Gasteiger partial charge in [-0.2, -0.15) is 0 Å². The predicted octanol–water partition coefficient (Wildman–Crippen LogP) is 3.38. The first kappa shape index (κ1) is 15.8. The highest BCUT2D eigenvalue weighted by Gasteiger charge is 2.32. The van der Waals surface area contributed by atoms with Crippen LogP contribution < -0.4 is 10.6 Å². The fourth-order valence-electron chi connectivity index (χ4n) is 2.76. The third-order valence-corrected chi connectivity index (χ3v) is 4.43. The summed E-state index contributed by atoms with van der Waals surface area (Å²) >= 11 is 3.37. The average molecular weight is 355 g/mol. The molecule has 6 heteroatoms. The van der Waals surface area contributed by atoms with Gasteiger partial charge in [-0.25, -0.2) is 4.79 Å². The van der Waals surface area contributed by atoms with E-state index in [-0.39, 0.29) is 17.9 Å². The summed E-state index contributed by atoms with van der Waals surface area (Å²) in [6, 6.07) is 5.32. The molecule has 2 amide bonds. The van der Waals surface area contributed by atoms with Crippen LogP contribution >= 0.6 is 15.9 Å². The van der Waals surface area contributed by atoms with Crippen molar-refractivity contribution in [3.05, 3.63) is 28.2 Å². The molecule has 1 aromatic rings. The third kappa shape index (κ3) is 4.20. The molecule has 0 aromatic heterocycles. The maximum Gasteiger partial charge on any atom is 0.319 e. The van der Waals surface area contributed by atoms with Crippen molar-refractivity contribution in [3.63, 3.8) is 0 Å². The van der Waals surface area contributed by atoms with E-state index in [1.54, 1.807) is 0 Å². The van der Waals surface area contributed by atoms with Crippen LogP contribution in [0, 0.1) is 18.8 Å². The molecule has 1 saturated carbocycles. The second kappa shape index (κ2) is 6.93. The zero-order valence-electron chi connectivity index (χ0n) is 11.9. The number of aryl methyl sites for hydroxylation is 1. The number of aliphatic carboxylic acids is 1. The van der Waals surface area contributed by atoms with Crippen LogP contribution in [0.4, 0.5) is 10.5 Å². The number of hydrogen-bond donors (Lipinski definition) is 3. The SMILES string of the molecule is Cc1cc(Br)ccc1NC(=O)NCC1CCCC1C(=O)O. The van der Waals surface area contributed by atoms with E-state index in [1.807, 2.05) is 25.1 Å². The quantitative estimate of drug-likeness (QED) is 0.775. The molecule has 5 nitrogen and oxygen atoms in total. The summed E-state index contributed by atoms with van der Waals surface area (Å²) in [5, 5.41) is 14.7. The minimum Gasteiger partial charge on any atom is -0.481 e. The minimum absolute atomic E-state index is 0.0271. The second-order valence-corrected chi connectivity index (χ2v) is 6.35. The summed E-state index contributed by atoms with van der Waals surface area (Å²) < 4.78 is 0.959. The third-order valence-electron chi connectivity index (χ3n) is 3.94. The number of carboxylic acids is 1. The summed E-state index contributed by atoms with van der Waals surface area (Å²) in [4.78, 5) is 23.0. The van der Waals surface area contributed by atoms with Gasteiger partial charge in [-0.15, -0.1) is 0 Å². The highest BCUT2D eigenvalue weighted by molar-refractivity contribution is 9.10. The van der Waals surface area contributed by atoms with E-state index in [1.165, 1.54) is 0 Å². The number of nitrogens with one attached hydrogen (secondary N) is 2. The van der Waals surface area contributed by atoms with Crippen LogP contribution in [0.25, 0.3) is 0 Å². The number of halogens is 1. The molecule has 0 heterocycles. The van der Waals surface area contributed by atoms with Crippen molar-refractivity contribution in [3.8, 4) is 0 Å². The number of benzene rings is 1. The number of urea groups is 1. The molecule has 0 radical (unpaired) electrons. The van der Waals surface area contributed by atoms with Crippen LogP contribution in [0.3, 0.4) is 0 Å². The number of carbonyl (C=O) groups excluding carboxylic acids is 1. The van der Waals surface area contributed by atoms with Crippen molar-refractivity contribution in [2.24, 2.45) is 11.8 Å². The van der Waals surface area contributed by atoms with E-state index in [0.29, 0.717) is 13.0 Å². The Morgan fingerprint density at radius 2 is 2.14 bits per heavy atom. The van der Waals surface area contributed by atoms with Gasteiger partial charge in [-0.3, -0.25) is 4.79 Å². The Kier molecular flexibility index (Phi) is 5.22. The lowest BCUT2D eigenvalue weighted by Crippen LogP contribution is -2.35. The topological polar surface area (TPSA) is 78.4 Å². The first-order chi connectivity index (χ1) is 9.97. The minimum atomic E-state index is -0.761. The molecule has 0 spiro atoms. The van der Waals surface area contributed by atoms with Gasteiger partial charge in [-0.05, 0) is 49.4 Å². The number of carbonyl (C=O) groups is 2. The Hall–Kier alpha value is -1.56. The van der Waals surface area contributed by atoms with Crippen molar-refractivity contribution in [2.45, 2.75) is 26.2 Å². The Morgan fingerprint density at radius 1 is 1.38 bits per heavy atom. The molecule has 21 heavy (non-hydrogen) atoms. The lowest BCUT2D eigenvalue weighted by atomic mass is 9.96. The summed E-state index contributed by atoms with van der Waals surface area (Å²) in [6.07, 6.45) is 2.47. The van der Waals surface area contributed by atoms with Gasteiger partial charge in [0.15, 0.2) is 0 Å². The maximum absolute atomic E-state index is 11.9. The number of rotatable bonds is 4. The number of amides is 2. The Bertz CT molecular complexity index is 548. The summed E-state index contributed by atoms with van der Waals surface area (Å²) in [5.41, 5.74) is 1.71. The number of carboxylic acid groups (broad SMARTS) is 1. The lowest BCUT2D eigenvalue weighted by molar-refractivity contribution is -0.142. The fourth-order valence-corrected chi connectivity index (χ4v) is 3.24. The summed E-state index contributed by atoms with van der Waals surface area (Å²) in [7, 11) is 0. The van der Waals surface area contributed by atoms with E-state index in [2.05, 4.69) is 26.6 Å². The zero-order chi connectivity index (χ0) is 15.4. The van der Waals surface area contributed by atoms with Gasteiger partial charge in [0.1, 0.15) is 0 Å². The van der Waals surface area contributed by atoms with E-state index in [0.717, 1.165) is 28.6 Å². The molecule has 2 atom stereocenters. The molecule has 0 bridgehead atoms. The molecule has 114 valence electrons. The van der Waals surface area contributed by atoms with Crippen LogP contribution in [0.2, 0.25) is 0 Å². The predicted molar refractivity (Wildman–Crippen MR) is 84.4 cm³/mol. The van der Waals surface area contributed by atoms with Gasteiger partial charge in [0, 0.05) is 16.7 Å². The first-order valence-electron chi connectivity index (χ1n) is 7.01. The highest BCUT2D eigenvalue weighted by atomic mass is 79.9. The molecular weight excluding hydrogens is 336 g/mol. The van der Waals surface area contributed by atoms with E-state index in [9.17, 15) is 9.59 Å². The first-order valence-corrected chi connectivity index (χ1v) is 7.80. The van der Waals surface area contributed by atoms with Crippen molar-refractivity contribution in [2.75, 3.05) is 11.9 Å². The molecule has 1 aromatic carbocycles.